The van der Waals surface area contributed by atoms with Crippen LogP contribution < -0.4 is 0 Å². The molecule has 10 heteroatoms. The summed E-state index contributed by atoms with van der Waals surface area (Å²) in [5.74, 6) is -3.44. The number of hydrogen-bond donors (Lipinski definition) is 5. The first-order valence-electron chi connectivity index (χ1n) is 11.2. The number of carbonyl (C=O) groups excluding carboxylic acids is 2. The lowest BCUT2D eigenvalue weighted by Crippen LogP contribution is -2.58. The Hall–Kier alpha value is -3.73. The molecule has 1 fully saturated rings. The molecule has 1 saturated carbocycles. The molecule has 2 aromatic carbocycles. The molecule has 4 atom stereocenters. The fourth-order valence-electron chi connectivity index (χ4n) is 3.88. The molecule has 2 aromatic rings. The predicted octanol–water partition coefficient (Wildman–Crippen LogP) is 1.59. The Bertz CT molecular complexity index is 1140. The number of aliphatic hydroxyl groups excluding tert-OH is 2. The number of phenols is 1. The minimum absolute atomic E-state index is 0.0252. The van der Waals surface area contributed by atoms with Crippen LogP contribution in [0.15, 0.2) is 60.2 Å². The first-order chi connectivity index (χ1) is 17.0. The van der Waals surface area contributed by atoms with Crippen LogP contribution in [0.3, 0.4) is 0 Å². The van der Waals surface area contributed by atoms with Crippen molar-refractivity contribution in [1.82, 2.24) is 0 Å². The number of rotatable bonds is 8. The Morgan fingerprint density at radius 2 is 1.69 bits per heavy atom. The molecule has 0 spiro atoms. The van der Waals surface area contributed by atoms with Gasteiger partial charge in [0.25, 0.3) is 0 Å². The SMILES string of the molecule is CC(=CCc1cc(C(=O)O[C@@H]2[C@H](O)C[C@](O)(C(=O)O)C[C@H]2OC(=O)c2ccccc2)ccc1O)CO. The summed E-state index contributed by atoms with van der Waals surface area (Å²) in [5.41, 5.74) is -1.17. The first kappa shape index (κ1) is 26.9. The number of hydrogen-bond acceptors (Lipinski definition) is 9. The number of carbonyl (C=O) groups is 3. The number of ether oxygens (including phenoxy) is 2. The highest BCUT2D eigenvalue weighted by atomic mass is 16.6. The molecule has 0 aromatic heterocycles. The van der Waals surface area contributed by atoms with Gasteiger partial charge in [-0.25, -0.2) is 14.4 Å². The molecule has 0 bridgehead atoms. The summed E-state index contributed by atoms with van der Waals surface area (Å²) >= 11 is 0. The average molecular weight is 501 g/mol. The molecule has 1 aliphatic rings. The largest absolute Gasteiger partial charge is 0.508 e. The van der Waals surface area contributed by atoms with E-state index in [0.29, 0.717) is 11.1 Å². The number of carboxylic acid groups (broad SMARTS) is 1. The van der Waals surface area contributed by atoms with E-state index in [1.54, 1.807) is 31.2 Å². The van der Waals surface area contributed by atoms with Crippen LogP contribution in [0.2, 0.25) is 0 Å². The lowest BCUT2D eigenvalue weighted by molar-refractivity contribution is -0.187. The van der Waals surface area contributed by atoms with Crippen LogP contribution in [-0.4, -0.2) is 74.0 Å². The van der Waals surface area contributed by atoms with Crippen LogP contribution in [0.5, 0.6) is 5.75 Å². The molecule has 36 heavy (non-hydrogen) atoms. The Morgan fingerprint density at radius 1 is 1.03 bits per heavy atom. The van der Waals surface area contributed by atoms with Crippen molar-refractivity contribution in [2.75, 3.05) is 6.61 Å². The second-order valence-corrected chi connectivity index (χ2v) is 8.75. The Morgan fingerprint density at radius 3 is 2.33 bits per heavy atom. The normalized spacial score (nSPS) is 24.1. The zero-order valence-electron chi connectivity index (χ0n) is 19.5. The summed E-state index contributed by atoms with van der Waals surface area (Å²) in [6, 6.07) is 11.8. The van der Waals surface area contributed by atoms with Crippen molar-refractivity contribution in [3.8, 4) is 5.75 Å². The van der Waals surface area contributed by atoms with E-state index in [0.717, 1.165) is 0 Å². The van der Waals surface area contributed by atoms with Crippen molar-refractivity contribution in [3.63, 3.8) is 0 Å². The van der Waals surface area contributed by atoms with Gasteiger partial charge in [-0.05, 0) is 49.2 Å². The maximum atomic E-state index is 12.9. The molecular weight excluding hydrogens is 472 g/mol. The third-order valence-corrected chi connectivity index (χ3v) is 5.98. The van der Waals surface area contributed by atoms with E-state index < -0.39 is 54.7 Å². The molecule has 10 nitrogen and oxygen atoms in total. The van der Waals surface area contributed by atoms with Crippen molar-refractivity contribution < 1.29 is 49.4 Å². The highest BCUT2D eigenvalue weighted by molar-refractivity contribution is 5.91. The van der Waals surface area contributed by atoms with Crippen LogP contribution >= 0.6 is 0 Å². The maximum absolute atomic E-state index is 12.9. The quantitative estimate of drug-likeness (QED) is 0.265. The van der Waals surface area contributed by atoms with Crippen LogP contribution in [-0.2, 0) is 20.7 Å². The van der Waals surface area contributed by atoms with E-state index in [4.69, 9.17) is 14.6 Å². The molecule has 3 rings (SSSR count). The van der Waals surface area contributed by atoms with Gasteiger partial charge in [-0.1, -0.05) is 29.8 Å². The lowest BCUT2D eigenvalue weighted by atomic mass is 9.79. The number of allylic oxidation sites excluding steroid dienone is 1. The van der Waals surface area contributed by atoms with Gasteiger partial charge in [-0.2, -0.15) is 0 Å². The zero-order chi connectivity index (χ0) is 26.5. The standard InChI is InChI=1S/C26H28O10/c1-15(14-27)7-8-17-11-18(9-10-19(17)28)24(31)36-22-20(29)12-26(34,25(32)33)13-21(22)35-23(30)16-5-3-2-4-6-16/h2-7,9-11,20-22,27-29,34H,8,12-14H2,1H3,(H,32,33)/t20-,21-,22-,26-/m1/s1. The topological polar surface area (TPSA) is 171 Å². The molecule has 0 radical (unpaired) electrons. The van der Waals surface area contributed by atoms with Gasteiger partial charge in [-0.15, -0.1) is 0 Å². The summed E-state index contributed by atoms with van der Waals surface area (Å²) in [4.78, 5) is 37.2. The lowest BCUT2D eigenvalue weighted by Gasteiger charge is -2.40. The van der Waals surface area contributed by atoms with Gasteiger partial charge in [0.1, 0.15) is 11.9 Å². The number of carboxylic acids is 1. The Labute approximate surface area is 207 Å². The van der Waals surface area contributed by atoms with Crippen molar-refractivity contribution in [3.05, 3.63) is 76.9 Å². The van der Waals surface area contributed by atoms with Crippen molar-refractivity contribution in [1.29, 1.82) is 0 Å². The fourth-order valence-corrected chi connectivity index (χ4v) is 3.88. The van der Waals surface area contributed by atoms with Crippen molar-refractivity contribution in [2.24, 2.45) is 0 Å². The Balaban J connectivity index is 1.84. The summed E-state index contributed by atoms with van der Waals surface area (Å²) in [6.07, 6.45) is -3.91. The predicted molar refractivity (Wildman–Crippen MR) is 125 cm³/mol. The van der Waals surface area contributed by atoms with Gasteiger partial charge >= 0.3 is 17.9 Å². The fraction of sp³-hybridized carbons (Fsp3) is 0.346. The van der Waals surface area contributed by atoms with Gasteiger partial charge in [-0.3, -0.25) is 0 Å². The van der Waals surface area contributed by atoms with Gasteiger partial charge in [0.15, 0.2) is 11.7 Å². The van der Waals surface area contributed by atoms with E-state index in [9.17, 15) is 34.8 Å². The smallest absolute Gasteiger partial charge is 0.338 e. The van der Waals surface area contributed by atoms with E-state index in [1.807, 2.05) is 0 Å². The van der Waals surface area contributed by atoms with E-state index >= 15 is 0 Å². The summed E-state index contributed by atoms with van der Waals surface area (Å²) in [5, 5.41) is 49.8. The minimum atomic E-state index is -2.40. The summed E-state index contributed by atoms with van der Waals surface area (Å²) in [6.45, 7) is 1.54. The van der Waals surface area contributed by atoms with E-state index in [2.05, 4.69) is 0 Å². The van der Waals surface area contributed by atoms with Gasteiger partial charge in [0, 0.05) is 12.8 Å². The molecular formula is C26H28O10. The number of phenolic OH excluding ortho intramolecular Hbond substituents is 1. The van der Waals surface area contributed by atoms with E-state index in [1.165, 1.54) is 30.3 Å². The van der Waals surface area contributed by atoms with Gasteiger partial charge in [0.2, 0.25) is 0 Å². The molecule has 0 heterocycles. The molecule has 0 amide bonds. The third kappa shape index (κ3) is 6.28. The van der Waals surface area contributed by atoms with E-state index in [-0.39, 0.29) is 29.9 Å². The van der Waals surface area contributed by atoms with Crippen LogP contribution in [0.1, 0.15) is 46.0 Å². The molecule has 0 saturated heterocycles. The number of benzene rings is 2. The number of esters is 2. The summed E-state index contributed by atoms with van der Waals surface area (Å²) in [7, 11) is 0. The van der Waals surface area contributed by atoms with Crippen molar-refractivity contribution in [2.45, 2.75) is 50.1 Å². The molecule has 1 aliphatic carbocycles. The first-order valence-corrected chi connectivity index (χ1v) is 11.2. The minimum Gasteiger partial charge on any atom is -0.508 e. The second kappa shape index (κ2) is 11.3. The number of aromatic hydroxyl groups is 1. The highest BCUT2D eigenvalue weighted by Gasteiger charge is 2.52. The zero-order valence-corrected chi connectivity index (χ0v) is 19.5. The maximum Gasteiger partial charge on any atom is 0.338 e. The number of aliphatic carboxylic acids is 1. The average Bonchev–Trinajstić information content (AvgIpc) is 2.85. The molecule has 0 aliphatic heterocycles. The third-order valence-electron chi connectivity index (χ3n) is 5.98. The highest BCUT2D eigenvalue weighted by Crippen LogP contribution is 2.34. The van der Waals surface area contributed by atoms with Crippen molar-refractivity contribution >= 4 is 17.9 Å². The number of aliphatic hydroxyl groups is 3. The van der Waals surface area contributed by atoms with Crippen LogP contribution in [0, 0.1) is 0 Å². The van der Waals surface area contributed by atoms with Gasteiger partial charge < -0.3 is 35.0 Å². The van der Waals surface area contributed by atoms with Crippen LogP contribution in [0.25, 0.3) is 0 Å². The Kier molecular flexibility index (Phi) is 8.46. The van der Waals surface area contributed by atoms with Crippen LogP contribution in [0.4, 0.5) is 0 Å². The second-order valence-electron chi connectivity index (χ2n) is 8.75. The molecule has 5 N–H and O–H groups in total. The molecule has 192 valence electrons. The summed E-state index contributed by atoms with van der Waals surface area (Å²) < 4.78 is 10.8. The molecule has 0 unspecified atom stereocenters. The van der Waals surface area contributed by atoms with Gasteiger partial charge in [0.05, 0.1) is 23.8 Å². The monoisotopic (exact) mass is 500 g/mol.